The molecule has 0 spiro atoms. The quantitative estimate of drug-likeness (QED) is 0.916. The number of halogens is 2. The second-order valence-electron chi connectivity index (χ2n) is 3.35. The van der Waals surface area contributed by atoms with Crippen LogP contribution in [0.5, 0.6) is 0 Å². The van der Waals surface area contributed by atoms with Gasteiger partial charge in [0.2, 0.25) is 0 Å². The maximum atomic E-state index is 12.7. The van der Waals surface area contributed by atoms with Crippen molar-refractivity contribution in [3.63, 3.8) is 0 Å². The first kappa shape index (κ1) is 11.5. The molecule has 1 unspecified atom stereocenters. The minimum Gasteiger partial charge on any atom is -0.386 e. The first-order chi connectivity index (χ1) is 7.65. The largest absolute Gasteiger partial charge is 0.386 e. The molecule has 0 amide bonds. The number of thiazole rings is 1. The van der Waals surface area contributed by atoms with E-state index in [1.807, 2.05) is 0 Å². The molecule has 16 heavy (non-hydrogen) atoms. The molecule has 2 nitrogen and oxygen atoms in total. The van der Waals surface area contributed by atoms with Crippen LogP contribution < -0.4 is 0 Å². The van der Waals surface area contributed by atoms with Gasteiger partial charge in [0, 0.05) is 6.42 Å². The van der Waals surface area contributed by atoms with E-state index in [0.717, 1.165) is 5.56 Å². The third kappa shape index (κ3) is 2.78. The summed E-state index contributed by atoms with van der Waals surface area (Å²) in [6, 6.07) is 6.04. The van der Waals surface area contributed by atoms with Gasteiger partial charge in [0.25, 0.3) is 0 Å². The second-order valence-corrected chi connectivity index (χ2v) is 5.04. The molecule has 0 radical (unpaired) electrons. The Balaban J connectivity index is 2.07. The summed E-state index contributed by atoms with van der Waals surface area (Å²) in [6.07, 6.45) is 1.22. The Hall–Kier alpha value is -0.970. The maximum absolute atomic E-state index is 12.7. The topological polar surface area (TPSA) is 33.1 Å². The van der Waals surface area contributed by atoms with E-state index < -0.39 is 6.10 Å². The lowest BCUT2D eigenvalue weighted by molar-refractivity contribution is 0.178. The van der Waals surface area contributed by atoms with Crippen LogP contribution in [0.25, 0.3) is 0 Å². The van der Waals surface area contributed by atoms with Crippen LogP contribution in [0.1, 0.15) is 16.7 Å². The van der Waals surface area contributed by atoms with Gasteiger partial charge in [-0.1, -0.05) is 23.7 Å². The fourth-order valence-electron chi connectivity index (χ4n) is 1.35. The van der Waals surface area contributed by atoms with E-state index in [0.29, 0.717) is 15.8 Å². The summed E-state index contributed by atoms with van der Waals surface area (Å²) in [6.45, 7) is 0. The third-order valence-corrected chi connectivity index (χ3v) is 3.34. The van der Waals surface area contributed by atoms with Gasteiger partial charge in [-0.2, -0.15) is 0 Å². The third-order valence-electron chi connectivity index (χ3n) is 2.12. The zero-order chi connectivity index (χ0) is 11.5. The van der Waals surface area contributed by atoms with Crippen LogP contribution in [0.3, 0.4) is 0 Å². The molecule has 1 aromatic heterocycles. The summed E-state index contributed by atoms with van der Waals surface area (Å²) < 4.78 is 13.2. The van der Waals surface area contributed by atoms with Crippen LogP contribution in [0.2, 0.25) is 4.34 Å². The minimum absolute atomic E-state index is 0.282. The molecule has 0 aliphatic heterocycles. The van der Waals surface area contributed by atoms with E-state index >= 15 is 0 Å². The molecule has 1 N–H and O–H groups in total. The zero-order valence-electron chi connectivity index (χ0n) is 8.23. The van der Waals surface area contributed by atoms with Gasteiger partial charge in [-0.25, -0.2) is 9.37 Å². The van der Waals surface area contributed by atoms with Gasteiger partial charge in [0.05, 0.1) is 6.20 Å². The van der Waals surface area contributed by atoms with E-state index in [4.69, 9.17) is 11.6 Å². The number of aromatic nitrogens is 1. The van der Waals surface area contributed by atoms with E-state index in [1.54, 1.807) is 12.1 Å². The van der Waals surface area contributed by atoms with Crippen molar-refractivity contribution in [2.75, 3.05) is 0 Å². The molecule has 0 saturated carbocycles. The van der Waals surface area contributed by atoms with Crippen molar-refractivity contribution in [3.05, 3.63) is 51.2 Å². The van der Waals surface area contributed by atoms with Crippen molar-refractivity contribution in [1.82, 2.24) is 4.98 Å². The molecule has 1 heterocycles. The molecule has 0 saturated heterocycles. The van der Waals surface area contributed by atoms with Crippen LogP contribution >= 0.6 is 22.9 Å². The molecule has 5 heteroatoms. The summed E-state index contributed by atoms with van der Waals surface area (Å²) in [7, 11) is 0. The van der Waals surface area contributed by atoms with Crippen molar-refractivity contribution < 1.29 is 9.50 Å². The van der Waals surface area contributed by atoms with Gasteiger partial charge in [0.15, 0.2) is 0 Å². The van der Waals surface area contributed by atoms with Crippen molar-refractivity contribution in [1.29, 1.82) is 0 Å². The predicted octanol–water partition coefficient (Wildman–Crippen LogP) is 3.21. The van der Waals surface area contributed by atoms with Gasteiger partial charge < -0.3 is 5.11 Å². The fourth-order valence-corrected chi connectivity index (χ4v) is 2.27. The van der Waals surface area contributed by atoms with Crippen LogP contribution in [0, 0.1) is 5.82 Å². The van der Waals surface area contributed by atoms with Gasteiger partial charge in [0.1, 0.15) is 21.3 Å². The summed E-state index contributed by atoms with van der Waals surface area (Å²) >= 11 is 6.97. The Labute approximate surface area is 101 Å². The molecular formula is C11H9ClFNOS. The summed E-state index contributed by atoms with van der Waals surface area (Å²) in [5, 5.41) is 10.4. The average Bonchev–Trinajstić information content (AvgIpc) is 2.68. The Kier molecular flexibility index (Phi) is 3.53. The zero-order valence-corrected chi connectivity index (χ0v) is 9.80. The second kappa shape index (κ2) is 4.91. The Morgan fingerprint density at radius 3 is 2.62 bits per heavy atom. The van der Waals surface area contributed by atoms with Gasteiger partial charge >= 0.3 is 0 Å². The van der Waals surface area contributed by atoms with Crippen LogP contribution in [0.15, 0.2) is 30.5 Å². The molecule has 0 aliphatic rings. The number of benzene rings is 1. The number of aliphatic hydroxyl groups excluding tert-OH is 1. The highest BCUT2D eigenvalue weighted by Gasteiger charge is 2.12. The van der Waals surface area contributed by atoms with Gasteiger partial charge in [-0.3, -0.25) is 0 Å². The predicted molar refractivity (Wildman–Crippen MR) is 62.2 cm³/mol. The van der Waals surface area contributed by atoms with Crippen LogP contribution in [0.4, 0.5) is 4.39 Å². The first-order valence-electron chi connectivity index (χ1n) is 4.69. The number of hydrogen-bond donors (Lipinski definition) is 1. The molecule has 0 aliphatic carbocycles. The molecule has 2 aromatic rings. The van der Waals surface area contributed by atoms with Gasteiger partial charge in [-0.05, 0) is 17.7 Å². The Bertz CT molecular complexity index is 471. The first-order valence-corrected chi connectivity index (χ1v) is 5.88. The molecule has 0 bridgehead atoms. The average molecular weight is 258 g/mol. The number of nitrogens with zero attached hydrogens (tertiary/aromatic N) is 1. The van der Waals surface area contributed by atoms with E-state index in [-0.39, 0.29) is 5.82 Å². The lowest BCUT2D eigenvalue weighted by Gasteiger charge is -2.06. The fraction of sp³-hybridized carbons (Fsp3) is 0.182. The highest BCUT2D eigenvalue weighted by atomic mass is 35.5. The molecule has 84 valence electrons. The Morgan fingerprint density at radius 2 is 2.06 bits per heavy atom. The SMILES string of the molecule is OC(Cc1ccc(F)cc1)c1ncc(Cl)s1. The molecule has 1 atom stereocenters. The van der Waals surface area contributed by atoms with Crippen molar-refractivity contribution in [3.8, 4) is 0 Å². The number of hydrogen-bond acceptors (Lipinski definition) is 3. The van der Waals surface area contributed by atoms with Crippen molar-refractivity contribution in [2.45, 2.75) is 12.5 Å². The lowest BCUT2D eigenvalue weighted by Crippen LogP contribution is -2.00. The smallest absolute Gasteiger partial charge is 0.123 e. The molecule has 0 fully saturated rings. The standard InChI is InChI=1S/C11H9ClFNOS/c12-10-6-14-11(16-10)9(15)5-7-1-3-8(13)4-2-7/h1-4,6,9,15H,5H2. The highest BCUT2D eigenvalue weighted by molar-refractivity contribution is 7.15. The van der Waals surface area contributed by atoms with Gasteiger partial charge in [-0.15, -0.1) is 11.3 Å². The summed E-state index contributed by atoms with van der Waals surface area (Å²) in [5.41, 5.74) is 0.861. The lowest BCUT2D eigenvalue weighted by atomic mass is 10.1. The highest BCUT2D eigenvalue weighted by Crippen LogP contribution is 2.26. The van der Waals surface area contributed by atoms with Crippen LogP contribution in [-0.4, -0.2) is 10.1 Å². The van der Waals surface area contributed by atoms with Crippen LogP contribution in [-0.2, 0) is 6.42 Å². The van der Waals surface area contributed by atoms with Crippen molar-refractivity contribution in [2.24, 2.45) is 0 Å². The summed E-state index contributed by atoms with van der Waals surface area (Å²) in [4.78, 5) is 3.99. The normalized spacial score (nSPS) is 12.7. The summed E-state index contributed by atoms with van der Waals surface area (Å²) in [5.74, 6) is -0.282. The molecule has 2 rings (SSSR count). The number of rotatable bonds is 3. The maximum Gasteiger partial charge on any atom is 0.123 e. The number of aliphatic hydroxyl groups is 1. The van der Waals surface area contributed by atoms with Crippen molar-refractivity contribution >= 4 is 22.9 Å². The Morgan fingerprint density at radius 1 is 1.38 bits per heavy atom. The monoisotopic (exact) mass is 257 g/mol. The van der Waals surface area contributed by atoms with E-state index in [2.05, 4.69) is 4.98 Å². The van der Waals surface area contributed by atoms with E-state index in [1.165, 1.54) is 29.7 Å². The molecule has 1 aromatic carbocycles. The van der Waals surface area contributed by atoms with E-state index in [9.17, 15) is 9.50 Å². The minimum atomic E-state index is -0.692. The molecular weight excluding hydrogens is 249 g/mol.